The van der Waals surface area contributed by atoms with Crippen molar-refractivity contribution in [3.05, 3.63) is 53.8 Å². The first-order chi connectivity index (χ1) is 8.08. The number of nitrogens with two attached hydrogens (primary N) is 1. The van der Waals surface area contributed by atoms with Crippen molar-refractivity contribution >= 4 is 17.1 Å². The zero-order valence-electron chi connectivity index (χ0n) is 8.68. The van der Waals surface area contributed by atoms with Gasteiger partial charge in [0.15, 0.2) is 11.6 Å². The van der Waals surface area contributed by atoms with Gasteiger partial charge in [0, 0.05) is 5.69 Å². The van der Waals surface area contributed by atoms with Crippen LogP contribution in [0.3, 0.4) is 0 Å². The molecule has 5 heteroatoms. The molecule has 0 aliphatic rings. The third kappa shape index (κ3) is 2.33. The van der Waals surface area contributed by atoms with Gasteiger partial charge in [-0.3, -0.25) is 0 Å². The van der Waals surface area contributed by atoms with Crippen LogP contribution in [-0.4, -0.2) is 0 Å². The predicted octanol–water partition coefficient (Wildman–Crippen LogP) is 3.43. The summed E-state index contributed by atoms with van der Waals surface area (Å²) in [5.41, 5.74) is 4.81. The van der Waals surface area contributed by atoms with E-state index in [1.165, 1.54) is 18.2 Å². The van der Waals surface area contributed by atoms with Crippen LogP contribution in [0.25, 0.3) is 0 Å². The standard InChI is InChI=1S/C12H9F3N2/c13-8-3-1-2-4-11(8)17-12-9(14)5-7(16)6-10(12)15/h1-6,17H,16H2. The van der Waals surface area contributed by atoms with E-state index in [0.717, 1.165) is 12.1 Å². The van der Waals surface area contributed by atoms with E-state index in [9.17, 15) is 13.2 Å². The average molecular weight is 238 g/mol. The van der Waals surface area contributed by atoms with Crippen molar-refractivity contribution in [2.75, 3.05) is 11.1 Å². The van der Waals surface area contributed by atoms with Gasteiger partial charge >= 0.3 is 0 Å². The second kappa shape index (κ2) is 4.37. The highest BCUT2D eigenvalue weighted by atomic mass is 19.1. The topological polar surface area (TPSA) is 38.0 Å². The third-order valence-corrected chi connectivity index (χ3v) is 2.20. The highest BCUT2D eigenvalue weighted by molar-refractivity contribution is 5.63. The number of hydrogen-bond acceptors (Lipinski definition) is 2. The molecular formula is C12H9F3N2. The van der Waals surface area contributed by atoms with Gasteiger partial charge in [0.05, 0.1) is 5.69 Å². The summed E-state index contributed by atoms with van der Waals surface area (Å²) in [6.45, 7) is 0. The normalized spacial score (nSPS) is 10.3. The van der Waals surface area contributed by atoms with Gasteiger partial charge in [0.2, 0.25) is 0 Å². The molecule has 0 fully saturated rings. The monoisotopic (exact) mass is 238 g/mol. The molecule has 2 aromatic carbocycles. The van der Waals surface area contributed by atoms with Gasteiger partial charge in [-0.2, -0.15) is 0 Å². The number of halogens is 3. The molecule has 17 heavy (non-hydrogen) atoms. The van der Waals surface area contributed by atoms with E-state index in [1.807, 2.05) is 0 Å². The Morgan fingerprint density at radius 2 is 1.47 bits per heavy atom. The number of rotatable bonds is 2. The Labute approximate surface area is 95.9 Å². The van der Waals surface area contributed by atoms with Crippen molar-refractivity contribution in [1.29, 1.82) is 0 Å². The lowest BCUT2D eigenvalue weighted by atomic mass is 10.2. The molecule has 0 atom stereocenters. The minimum atomic E-state index is -0.870. The molecule has 0 aliphatic carbocycles. The van der Waals surface area contributed by atoms with Gasteiger partial charge in [-0.05, 0) is 24.3 Å². The summed E-state index contributed by atoms with van der Waals surface area (Å²) in [5.74, 6) is -2.33. The Bertz CT molecular complexity index is 532. The molecule has 0 bridgehead atoms. The van der Waals surface area contributed by atoms with E-state index in [1.54, 1.807) is 6.07 Å². The van der Waals surface area contributed by atoms with Crippen LogP contribution in [-0.2, 0) is 0 Å². The summed E-state index contributed by atoms with van der Waals surface area (Å²) in [5, 5.41) is 2.36. The fourth-order valence-electron chi connectivity index (χ4n) is 1.41. The fraction of sp³-hybridized carbons (Fsp3) is 0. The lowest BCUT2D eigenvalue weighted by Crippen LogP contribution is -2.01. The Kier molecular flexibility index (Phi) is 2.91. The van der Waals surface area contributed by atoms with E-state index in [4.69, 9.17) is 5.73 Å². The van der Waals surface area contributed by atoms with Gasteiger partial charge in [-0.15, -0.1) is 0 Å². The molecule has 0 spiro atoms. The zero-order valence-corrected chi connectivity index (χ0v) is 8.68. The van der Waals surface area contributed by atoms with Crippen molar-refractivity contribution in [1.82, 2.24) is 0 Å². The minimum Gasteiger partial charge on any atom is -0.399 e. The average Bonchev–Trinajstić information content (AvgIpc) is 2.25. The molecule has 2 nitrogen and oxygen atoms in total. The summed E-state index contributed by atoms with van der Waals surface area (Å²) in [6.07, 6.45) is 0. The van der Waals surface area contributed by atoms with Crippen molar-refractivity contribution in [3.8, 4) is 0 Å². The van der Waals surface area contributed by atoms with Crippen LogP contribution in [0, 0.1) is 17.5 Å². The predicted molar refractivity (Wildman–Crippen MR) is 60.5 cm³/mol. The number of para-hydroxylation sites is 1. The molecule has 0 unspecified atom stereocenters. The highest BCUT2D eigenvalue weighted by Gasteiger charge is 2.12. The molecule has 0 aromatic heterocycles. The molecule has 0 amide bonds. The Morgan fingerprint density at radius 3 is 2.06 bits per heavy atom. The van der Waals surface area contributed by atoms with E-state index in [2.05, 4.69) is 5.32 Å². The van der Waals surface area contributed by atoms with Crippen LogP contribution in [0.15, 0.2) is 36.4 Å². The van der Waals surface area contributed by atoms with Crippen LogP contribution >= 0.6 is 0 Å². The maximum Gasteiger partial charge on any atom is 0.151 e. The maximum atomic E-state index is 13.4. The smallest absolute Gasteiger partial charge is 0.151 e. The molecular weight excluding hydrogens is 229 g/mol. The molecule has 2 rings (SSSR count). The first kappa shape index (κ1) is 11.3. The van der Waals surface area contributed by atoms with Gasteiger partial charge in [0.25, 0.3) is 0 Å². The summed E-state index contributed by atoms with van der Waals surface area (Å²) in [7, 11) is 0. The highest BCUT2D eigenvalue weighted by Crippen LogP contribution is 2.26. The minimum absolute atomic E-state index is 0.00456. The maximum absolute atomic E-state index is 13.4. The Hall–Kier alpha value is -2.17. The summed E-state index contributed by atoms with van der Waals surface area (Å²) in [4.78, 5) is 0. The number of benzene rings is 2. The second-order valence-corrected chi connectivity index (χ2v) is 3.46. The van der Waals surface area contributed by atoms with Crippen molar-refractivity contribution in [2.45, 2.75) is 0 Å². The van der Waals surface area contributed by atoms with Crippen molar-refractivity contribution in [3.63, 3.8) is 0 Å². The molecule has 2 aromatic rings. The van der Waals surface area contributed by atoms with E-state index in [0.29, 0.717) is 0 Å². The third-order valence-electron chi connectivity index (χ3n) is 2.20. The largest absolute Gasteiger partial charge is 0.399 e. The fourth-order valence-corrected chi connectivity index (χ4v) is 1.41. The van der Waals surface area contributed by atoms with Crippen LogP contribution in [0.1, 0.15) is 0 Å². The van der Waals surface area contributed by atoms with Gasteiger partial charge in [-0.1, -0.05) is 12.1 Å². The summed E-state index contributed by atoms with van der Waals surface area (Å²) < 4.78 is 40.1. The Balaban J connectivity index is 2.40. The molecule has 0 heterocycles. The summed E-state index contributed by atoms with van der Waals surface area (Å²) >= 11 is 0. The number of nitrogens with one attached hydrogen (secondary N) is 1. The first-order valence-electron chi connectivity index (χ1n) is 4.84. The van der Waals surface area contributed by atoms with Crippen LogP contribution in [0.2, 0.25) is 0 Å². The van der Waals surface area contributed by atoms with Crippen molar-refractivity contribution in [2.24, 2.45) is 0 Å². The number of anilines is 3. The number of hydrogen-bond donors (Lipinski definition) is 2. The molecule has 88 valence electrons. The Morgan fingerprint density at radius 1 is 0.882 bits per heavy atom. The molecule has 0 radical (unpaired) electrons. The SMILES string of the molecule is Nc1cc(F)c(Nc2ccccc2F)c(F)c1. The molecule has 0 aliphatic heterocycles. The van der Waals surface area contributed by atoms with Gasteiger partial charge in [-0.25, -0.2) is 13.2 Å². The number of nitrogen functional groups attached to an aromatic ring is 1. The van der Waals surface area contributed by atoms with Crippen LogP contribution in [0.4, 0.5) is 30.2 Å². The lowest BCUT2D eigenvalue weighted by Gasteiger charge is -2.10. The van der Waals surface area contributed by atoms with Gasteiger partial charge in [0.1, 0.15) is 11.5 Å². The quantitative estimate of drug-likeness (QED) is 0.786. The van der Waals surface area contributed by atoms with E-state index < -0.39 is 23.1 Å². The molecule has 0 saturated carbocycles. The van der Waals surface area contributed by atoms with Crippen LogP contribution < -0.4 is 11.1 Å². The van der Waals surface area contributed by atoms with E-state index in [-0.39, 0.29) is 11.4 Å². The molecule has 3 N–H and O–H groups in total. The molecule has 0 saturated heterocycles. The van der Waals surface area contributed by atoms with Crippen LogP contribution in [0.5, 0.6) is 0 Å². The second-order valence-electron chi connectivity index (χ2n) is 3.46. The van der Waals surface area contributed by atoms with E-state index >= 15 is 0 Å². The van der Waals surface area contributed by atoms with Crippen molar-refractivity contribution < 1.29 is 13.2 Å². The zero-order chi connectivity index (χ0) is 12.4. The summed E-state index contributed by atoms with van der Waals surface area (Å²) in [6, 6.07) is 7.53. The van der Waals surface area contributed by atoms with Gasteiger partial charge < -0.3 is 11.1 Å². The lowest BCUT2D eigenvalue weighted by molar-refractivity contribution is 0.590. The first-order valence-corrected chi connectivity index (χ1v) is 4.84.